The third-order valence-electron chi connectivity index (χ3n) is 5.72. The summed E-state index contributed by atoms with van der Waals surface area (Å²) < 4.78 is 11.5. The Morgan fingerprint density at radius 3 is 2.56 bits per heavy atom. The molecule has 2 saturated carbocycles. The highest BCUT2D eigenvalue weighted by Crippen LogP contribution is 2.31. The molecule has 2 fully saturated rings. The lowest BCUT2D eigenvalue weighted by Gasteiger charge is -2.26. The summed E-state index contributed by atoms with van der Waals surface area (Å²) >= 11 is 0. The average molecular weight is 375 g/mol. The van der Waals surface area contributed by atoms with Crippen LogP contribution in [0.4, 0.5) is 0 Å². The third-order valence-corrected chi connectivity index (χ3v) is 5.72. The molecule has 2 atom stereocenters. The highest BCUT2D eigenvalue weighted by molar-refractivity contribution is 5.80. The van der Waals surface area contributed by atoms with Gasteiger partial charge in [0.25, 0.3) is 0 Å². The van der Waals surface area contributed by atoms with Crippen LogP contribution in [0.1, 0.15) is 56.9 Å². The van der Waals surface area contributed by atoms with Crippen LogP contribution in [0.25, 0.3) is 0 Å². The summed E-state index contributed by atoms with van der Waals surface area (Å²) in [7, 11) is 1.62. The molecular formula is C21H29NO5. The predicted octanol–water partition coefficient (Wildman–Crippen LogP) is 3.52. The van der Waals surface area contributed by atoms with Crippen LogP contribution in [0.2, 0.25) is 0 Å². The standard InChI is InChI=1S/C21H29NO5/c1-26-18-10-9-16(19(12-18)27-17-7-2-3-8-17)13-22-20(23)14-5-4-6-15(11-14)21(24)25/h9-10,12,14-15,17H,2-8,11,13H2,1H3,(H,22,23)(H,24,25). The number of ether oxygens (including phenoxy) is 2. The zero-order valence-electron chi connectivity index (χ0n) is 15.9. The van der Waals surface area contributed by atoms with Crippen molar-refractivity contribution >= 4 is 11.9 Å². The second-order valence-electron chi connectivity index (χ2n) is 7.61. The summed E-state index contributed by atoms with van der Waals surface area (Å²) in [6.07, 6.45) is 7.34. The second-order valence-corrected chi connectivity index (χ2v) is 7.61. The first kappa shape index (κ1) is 19.5. The number of nitrogens with one attached hydrogen (secondary N) is 1. The highest BCUT2D eigenvalue weighted by Gasteiger charge is 2.31. The Bertz CT molecular complexity index is 669. The van der Waals surface area contributed by atoms with E-state index in [2.05, 4.69) is 5.32 Å². The first-order chi connectivity index (χ1) is 13.1. The molecule has 0 aliphatic heterocycles. The Balaban J connectivity index is 1.62. The molecule has 2 unspecified atom stereocenters. The van der Waals surface area contributed by atoms with E-state index >= 15 is 0 Å². The topological polar surface area (TPSA) is 84.9 Å². The van der Waals surface area contributed by atoms with Crippen LogP contribution < -0.4 is 14.8 Å². The van der Waals surface area contributed by atoms with Crippen molar-refractivity contribution in [2.24, 2.45) is 11.8 Å². The van der Waals surface area contributed by atoms with E-state index in [-0.39, 0.29) is 17.9 Å². The summed E-state index contributed by atoms with van der Waals surface area (Å²) in [6, 6.07) is 5.66. The maximum absolute atomic E-state index is 12.5. The molecule has 1 aromatic rings. The monoisotopic (exact) mass is 375 g/mol. The van der Waals surface area contributed by atoms with Gasteiger partial charge in [-0.15, -0.1) is 0 Å². The zero-order chi connectivity index (χ0) is 19.2. The van der Waals surface area contributed by atoms with E-state index in [4.69, 9.17) is 9.47 Å². The Morgan fingerprint density at radius 1 is 1.11 bits per heavy atom. The first-order valence-electron chi connectivity index (χ1n) is 9.91. The van der Waals surface area contributed by atoms with Crippen LogP contribution in [0.15, 0.2) is 18.2 Å². The summed E-state index contributed by atoms with van der Waals surface area (Å²) in [4.78, 5) is 23.8. The molecule has 6 nitrogen and oxygen atoms in total. The van der Waals surface area contributed by atoms with E-state index in [0.717, 1.165) is 42.7 Å². The fourth-order valence-corrected chi connectivity index (χ4v) is 4.08. The fourth-order valence-electron chi connectivity index (χ4n) is 4.08. The third kappa shape index (κ3) is 5.15. The van der Waals surface area contributed by atoms with Gasteiger partial charge in [-0.25, -0.2) is 0 Å². The molecule has 0 aromatic heterocycles. The Morgan fingerprint density at radius 2 is 1.85 bits per heavy atom. The van der Waals surface area contributed by atoms with Gasteiger partial charge >= 0.3 is 5.97 Å². The number of methoxy groups -OCH3 is 1. The van der Waals surface area contributed by atoms with Crippen LogP contribution in [0, 0.1) is 11.8 Å². The van der Waals surface area contributed by atoms with Gasteiger partial charge in [0, 0.05) is 24.1 Å². The molecule has 0 bridgehead atoms. The van der Waals surface area contributed by atoms with Gasteiger partial charge in [0.15, 0.2) is 0 Å². The number of carbonyl (C=O) groups is 2. The van der Waals surface area contributed by atoms with Gasteiger partial charge in [0.1, 0.15) is 11.5 Å². The lowest BCUT2D eigenvalue weighted by Crippen LogP contribution is -2.35. The van der Waals surface area contributed by atoms with E-state index in [0.29, 0.717) is 19.4 Å². The Hall–Kier alpha value is -2.24. The average Bonchev–Trinajstić information content (AvgIpc) is 3.19. The van der Waals surface area contributed by atoms with Crippen molar-refractivity contribution in [2.45, 2.75) is 64.0 Å². The SMILES string of the molecule is COc1ccc(CNC(=O)C2CCCC(C(=O)O)C2)c(OC2CCCC2)c1. The molecule has 3 rings (SSSR count). The van der Waals surface area contributed by atoms with Crippen molar-refractivity contribution in [3.05, 3.63) is 23.8 Å². The van der Waals surface area contributed by atoms with Crippen LogP contribution in [0.3, 0.4) is 0 Å². The van der Waals surface area contributed by atoms with E-state index in [1.54, 1.807) is 7.11 Å². The van der Waals surface area contributed by atoms with E-state index in [9.17, 15) is 14.7 Å². The van der Waals surface area contributed by atoms with Gasteiger partial charge in [-0.2, -0.15) is 0 Å². The van der Waals surface area contributed by atoms with Crippen LogP contribution in [0.5, 0.6) is 11.5 Å². The van der Waals surface area contributed by atoms with Gasteiger partial charge in [-0.1, -0.05) is 6.42 Å². The van der Waals surface area contributed by atoms with Crippen molar-refractivity contribution in [3.63, 3.8) is 0 Å². The number of hydrogen-bond acceptors (Lipinski definition) is 4. The molecule has 2 aliphatic carbocycles. The second kappa shape index (κ2) is 9.11. The number of aliphatic carboxylic acids is 1. The molecule has 0 radical (unpaired) electrons. The van der Waals surface area contributed by atoms with Crippen LogP contribution in [-0.2, 0) is 16.1 Å². The quantitative estimate of drug-likeness (QED) is 0.762. The van der Waals surface area contributed by atoms with Crippen molar-refractivity contribution < 1.29 is 24.2 Å². The minimum absolute atomic E-state index is 0.0661. The largest absolute Gasteiger partial charge is 0.497 e. The van der Waals surface area contributed by atoms with E-state index in [1.807, 2.05) is 18.2 Å². The van der Waals surface area contributed by atoms with Gasteiger partial charge in [0.2, 0.25) is 5.91 Å². The number of amides is 1. The maximum atomic E-state index is 12.5. The number of hydrogen-bond donors (Lipinski definition) is 2. The lowest BCUT2D eigenvalue weighted by atomic mass is 9.81. The normalized spacial score (nSPS) is 23.0. The van der Waals surface area contributed by atoms with E-state index < -0.39 is 11.9 Å². The molecule has 0 heterocycles. The molecule has 2 N–H and O–H groups in total. The maximum Gasteiger partial charge on any atom is 0.306 e. The molecule has 2 aliphatic rings. The number of rotatable bonds is 7. The predicted molar refractivity (Wildman–Crippen MR) is 101 cm³/mol. The lowest BCUT2D eigenvalue weighted by molar-refractivity contribution is -0.144. The summed E-state index contributed by atoms with van der Waals surface area (Å²) in [5.41, 5.74) is 0.918. The number of carboxylic acid groups (broad SMARTS) is 1. The first-order valence-corrected chi connectivity index (χ1v) is 9.91. The number of benzene rings is 1. The van der Waals surface area contributed by atoms with Gasteiger partial charge < -0.3 is 19.9 Å². The summed E-state index contributed by atoms with van der Waals surface area (Å²) in [5.74, 6) is -0.00389. The Labute approximate surface area is 160 Å². The number of carboxylic acids is 1. The molecule has 148 valence electrons. The van der Waals surface area contributed by atoms with Crippen molar-refractivity contribution in [1.29, 1.82) is 0 Å². The van der Waals surface area contributed by atoms with Gasteiger partial charge in [0.05, 0.1) is 19.1 Å². The molecular weight excluding hydrogens is 346 g/mol. The van der Waals surface area contributed by atoms with Crippen molar-refractivity contribution in [3.8, 4) is 11.5 Å². The molecule has 1 amide bonds. The highest BCUT2D eigenvalue weighted by atomic mass is 16.5. The zero-order valence-corrected chi connectivity index (χ0v) is 15.9. The molecule has 6 heteroatoms. The van der Waals surface area contributed by atoms with Gasteiger partial charge in [-0.05, 0) is 57.1 Å². The number of carbonyl (C=O) groups excluding carboxylic acids is 1. The van der Waals surface area contributed by atoms with Crippen LogP contribution >= 0.6 is 0 Å². The minimum Gasteiger partial charge on any atom is -0.497 e. The fraction of sp³-hybridized carbons (Fsp3) is 0.619. The molecule has 27 heavy (non-hydrogen) atoms. The minimum atomic E-state index is -0.796. The summed E-state index contributed by atoms with van der Waals surface area (Å²) in [6.45, 7) is 0.374. The summed E-state index contributed by atoms with van der Waals surface area (Å²) in [5, 5.41) is 12.2. The van der Waals surface area contributed by atoms with E-state index in [1.165, 1.54) is 12.8 Å². The molecule has 1 aromatic carbocycles. The Kier molecular flexibility index (Phi) is 6.58. The van der Waals surface area contributed by atoms with Crippen molar-refractivity contribution in [1.82, 2.24) is 5.32 Å². The van der Waals surface area contributed by atoms with Crippen molar-refractivity contribution in [2.75, 3.05) is 7.11 Å². The smallest absolute Gasteiger partial charge is 0.306 e. The van der Waals surface area contributed by atoms with Gasteiger partial charge in [-0.3, -0.25) is 9.59 Å². The van der Waals surface area contributed by atoms with Crippen LogP contribution in [-0.4, -0.2) is 30.2 Å². The molecule has 0 spiro atoms. The molecule has 0 saturated heterocycles.